The third-order valence-corrected chi connectivity index (χ3v) is 5.96. The quantitative estimate of drug-likeness (QED) is 0.612. The summed E-state index contributed by atoms with van der Waals surface area (Å²) in [5.41, 5.74) is -1.07. The summed E-state index contributed by atoms with van der Waals surface area (Å²) in [6.45, 7) is 3.35. The zero-order valence-corrected chi connectivity index (χ0v) is 15.2. The second-order valence-electron chi connectivity index (χ2n) is 5.69. The number of rotatable bonds is 6. The monoisotopic (exact) mass is 360 g/mol. The topological polar surface area (TPSA) is 54.4 Å². The summed E-state index contributed by atoms with van der Waals surface area (Å²) < 4.78 is 24.5. The van der Waals surface area contributed by atoms with E-state index >= 15 is 0 Å². The van der Waals surface area contributed by atoms with Gasteiger partial charge in [-0.15, -0.1) is 0 Å². The van der Waals surface area contributed by atoms with Crippen LogP contribution in [0.3, 0.4) is 0 Å². The fourth-order valence-corrected chi connectivity index (χ4v) is 3.82. The van der Waals surface area contributed by atoms with Gasteiger partial charge in [-0.25, -0.2) is 8.42 Å². The fourth-order valence-electron chi connectivity index (χ4n) is 1.90. The van der Waals surface area contributed by atoms with Crippen LogP contribution < -0.4 is 0 Å². The van der Waals surface area contributed by atoms with Crippen LogP contribution in [-0.4, -0.2) is 19.1 Å². The zero-order chi connectivity index (χ0) is 17.6. The maximum atomic E-state index is 12.2. The maximum Gasteiger partial charge on any atom is 0.199 e. The molecule has 0 spiro atoms. The molecule has 2 aromatic carbocycles. The van der Waals surface area contributed by atoms with Crippen molar-refractivity contribution >= 4 is 21.6 Å². The highest BCUT2D eigenvalue weighted by molar-refractivity contribution is 8.03. The summed E-state index contributed by atoms with van der Waals surface area (Å²) >= 11 is 1.41. The van der Waals surface area contributed by atoms with Crippen molar-refractivity contribution in [3.63, 3.8) is 0 Å². The van der Waals surface area contributed by atoms with Crippen LogP contribution in [0.2, 0.25) is 0 Å². The van der Waals surface area contributed by atoms with Crippen molar-refractivity contribution < 1.29 is 13.5 Å². The molecule has 0 saturated heterocycles. The van der Waals surface area contributed by atoms with E-state index in [2.05, 4.69) is 0 Å². The normalized spacial score (nSPS) is 13.4. The number of aliphatic hydroxyl groups is 1. The summed E-state index contributed by atoms with van der Waals surface area (Å²) in [5, 5.41) is 11.5. The molecule has 0 aliphatic heterocycles. The number of benzene rings is 2. The van der Waals surface area contributed by atoms with E-state index in [1.54, 1.807) is 50.3 Å². The van der Waals surface area contributed by atoms with Gasteiger partial charge in [0.25, 0.3) is 0 Å². The van der Waals surface area contributed by atoms with Crippen LogP contribution in [-0.2, 0) is 9.84 Å². The van der Waals surface area contributed by atoms with Crippen LogP contribution in [0, 0.1) is 0 Å². The Labute approximate surface area is 147 Å². The second kappa shape index (κ2) is 7.83. The number of sulfone groups is 1. The molecular formula is C19H20O3S2. The van der Waals surface area contributed by atoms with Crippen molar-refractivity contribution in [2.24, 2.45) is 0 Å². The van der Waals surface area contributed by atoms with E-state index in [9.17, 15) is 13.5 Å². The number of hydrogen-bond acceptors (Lipinski definition) is 4. The van der Waals surface area contributed by atoms with Gasteiger partial charge in [-0.1, -0.05) is 48.2 Å². The molecule has 3 nitrogen and oxygen atoms in total. The Hall–Kier alpha value is -1.82. The molecule has 0 aliphatic rings. The molecule has 0 unspecified atom stereocenters. The van der Waals surface area contributed by atoms with Crippen molar-refractivity contribution in [3.05, 3.63) is 83.1 Å². The molecule has 126 valence electrons. The highest BCUT2D eigenvalue weighted by atomic mass is 32.2. The third-order valence-electron chi connectivity index (χ3n) is 3.15. The van der Waals surface area contributed by atoms with Gasteiger partial charge in [-0.05, 0) is 50.3 Å². The van der Waals surface area contributed by atoms with E-state index < -0.39 is 15.4 Å². The van der Waals surface area contributed by atoms with Gasteiger partial charge in [0.15, 0.2) is 9.84 Å². The van der Waals surface area contributed by atoms with Crippen molar-refractivity contribution in [2.45, 2.75) is 29.2 Å². The predicted molar refractivity (Wildman–Crippen MR) is 99.4 cm³/mol. The minimum atomic E-state index is -3.49. The SMILES string of the molecule is CC(C)(O)/C(=C/C=C/S(=O)(=O)c1ccccc1)Sc1ccccc1. The lowest BCUT2D eigenvalue weighted by Gasteiger charge is -2.20. The molecule has 0 atom stereocenters. The van der Waals surface area contributed by atoms with Gasteiger partial charge in [0.05, 0.1) is 10.5 Å². The lowest BCUT2D eigenvalue weighted by atomic mass is 10.1. The van der Waals surface area contributed by atoms with Gasteiger partial charge in [-0.3, -0.25) is 0 Å². The van der Waals surface area contributed by atoms with E-state index in [0.717, 1.165) is 10.3 Å². The molecule has 0 aliphatic carbocycles. The van der Waals surface area contributed by atoms with Gasteiger partial charge in [0, 0.05) is 15.2 Å². The molecule has 0 amide bonds. The second-order valence-corrected chi connectivity index (χ2v) is 8.64. The molecular weight excluding hydrogens is 340 g/mol. The molecule has 0 bridgehead atoms. The van der Waals surface area contributed by atoms with Crippen LogP contribution in [0.5, 0.6) is 0 Å². The predicted octanol–water partition coefficient (Wildman–Crippen LogP) is 4.42. The van der Waals surface area contributed by atoms with Gasteiger partial charge < -0.3 is 5.11 Å². The van der Waals surface area contributed by atoms with Crippen LogP contribution in [0.1, 0.15) is 13.8 Å². The molecule has 0 saturated carbocycles. The first-order valence-corrected chi connectivity index (χ1v) is 9.79. The molecule has 0 aromatic heterocycles. The Bertz CT molecular complexity index is 816. The minimum Gasteiger partial charge on any atom is -0.385 e. The van der Waals surface area contributed by atoms with Gasteiger partial charge >= 0.3 is 0 Å². The molecule has 2 rings (SSSR count). The summed E-state index contributed by atoms with van der Waals surface area (Å²) in [5.74, 6) is 0. The van der Waals surface area contributed by atoms with Crippen LogP contribution >= 0.6 is 11.8 Å². The summed E-state index contributed by atoms with van der Waals surface area (Å²) in [4.78, 5) is 1.88. The van der Waals surface area contributed by atoms with Crippen LogP contribution in [0.4, 0.5) is 0 Å². The Morgan fingerprint density at radius 2 is 1.54 bits per heavy atom. The van der Waals surface area contributed by atoms with Gasteiger partial charge in [0.2, 0.25) is 0 Å². The molecule has 1 N–H and O–H groups in total. The van der Waals surface area contributed by atoms with Crippen molar-refractivity contribution in [3.8, 4) is 0 Å². The molecule has 24 heavy (non-hydrogen) atoms. The van der Waals surface area contributed by atoms with Crippen molar-refractivity contribution in [1.82, 2.24) is 0 Å². The standard InChI is InChI=1S/C19H20O3S2/c1-19(2,20)18(23-16-10-5-3-6-11-16)14-9-15-24(21,22)17-12-7-4-8-13-17/h3-15,20H,1-2H3/b15-9+,18-14-. The molecule has 5 heteroatoms. The average molecular weight is 361 g/mol. The largest absolute Gasteiger partial charge is 0.385 e. The van der Waals surface area contributed by atoms with Gasteiger partial charge in [-0.2, -0.15) is 0 Å². The van der Waals surface area contributed by atoms with E-state index in [1.807, 2.05) is 30.3 Å². The number of allylic oxidation sites excluding steroid dienone is 2. The summed E-state index contributed by atoms with van der Waals surface area (Å²) in [6.07, 6.45) is 3.10. The van der Waals surface area contributed by atoms with Crippen molar-refractivity contribution in [2.75, 3.05) is 0 Å². The Kier molecular flexibility index (Phi) is 6.04. The molecule has 0 heterocycles. The number of hydrogen-bond donors (Lipinski definition) is 1. The lowest BCUT2D eigenvalue weighted by Crippen LogP contribution is -2.19. The smallest absolute Gasteiger partial charge is 0.199 e. The molecule has 0 radical (unpaired) electrons. The Balaban J connectivity index is 2.24. The first kappa shape index (κ1) is 18.5. The maximum absolute atomic E-state index is 12.2. The summed E-state index contributed by atoms with van der Waals surface area (Å²) in [7, 11) is -3.49. The zero-order valence-electron chi connectivity index (χ0n) is 13.6. The average Bonchev–Trinajstić information content (AvgIpc) is 2.55. The van der Waals surface area contributed by atoms with Crippen LogP contribution in [0.25, 0.3) is 0 Å². The highest BCUT2D eigenvalue weighted by Gasteiger charge is 2.20. The molecule has 2 aromatic rings. The minimum absolute atomic E-state index is 0.246. The van der Waals surface area contributed by atoms with E-state index in [-0.39, 0.29) is 4.90 Å². The van der Waals surface area contributed by atoms with E-state index in [4.69, 9.17) is 0 Å². The Morgan fingerprint density at radius 1 is 1.00 bits per heavy atom. The number of thioether (sulfide) groups is 1. The first-order chi connectivity index (χ1) is 11.3. The van der Waals surface area contributed by atoms with Crippen LogP contribution in [0.15, 0.2) is 92.9 Å². The fraction of sp³-hybridized carbons (Fsp3) is 0.158. The van der Waals surface area contributed by atoms with Crippen molar-refractivity contribution in [1.29, 1.82) is 0 Å². The lowest BCUT2D eigenvalue weighted by molar-refractivity contribution is 0.129. The first-order valence-electron chi connectivity index (χ1n) is 7.43. The van der Waals surface area contributed by atoms with E-state index in [0.29, 0.717) is 4.91 Å². The third kappa shape index (κ3) is 5.37. The Morgan fingerprint density at radius 3 is 2.08 bits per heavy atom. The van der Waals surface area contributed by atoms with Gasteiger partial charge in [0.1, 0.15) is 0 Å². The van der Waals surface area contributed by atoms with E-state index in [1.165, 1.54) is 17.8 Å². The highest BCUT2D eigenvalue weighted by Crippen LogP contribution is 2.34. The summed E-state index contributed by atoms with van der Waals surface area (Å²) in [6, 6.07) is 17.9. The molecule has 0 fully saturated rings.